The van der Waals surface area contributed by atoms with Crippen LogP contribution in [0.4, 0.5) is 4.39 Å². The van der Waals surface area contributed by atoms with Crippen molar-refractivity contribution in [2.75, 3.05) is 6.61 Å². The maximum Gasteiger partial charge on any atom is 0.313 e. The molecule has 0 saturated heterocycles. The minimum atomic E-state index is -0.710. The first kappa shape index (κ1) is 17.4. The Morgan fingerprint density at radius 1 is 1.15 bits per heavy atom. The fourth-order valence-electron chi connectivity index (χ4n) is 4.01. The molecule has 5 nitrogen and oxygen atoms in total. The first-order valence-electron chi connectivity index (χ1n) is 8.93. The Morgan fingerprint density at radius 2 is 1.81 bits per heavy atom. The van der Waals surface area contributed by atoms with Gasteiger partial charge in [-0.2, -0.15) is 0 Å². The average molecular weight is 367 g/mol. The van der Waals surface area contributed by atoms with Crippen molar-refractivity contribution < 1.29 is 23.5 Å². The molecule has 0 fully saturated rings. The number of imide groups is 1. The molecule has 1 heterocycles. The Balaban J connectivity index is 1.72. The molecule has 0 spiro atoms. The van der Waals surface area contributed by atoms with Crippen LogP contribution in [0.5, 0.6) is 0 Å². The third-order valence-corrected chi connectivity index (χ3v) is 5.21. The summed E-state index contributed by atoms with van der Waals surface area (Å²) < 4.78 is 18.9. The zero-order valence-electron chi connectivity index (χ0n) is 14.8. The second-order valence-electron chi connectivity index (χ2n) is 6.77. The van der Waals surface area contributed by atoms with Crippen LogP contribution in [0.2, 0.25) is 0 Å². The molecule has 27 heavy (non-hydrogen) atoms. The molecule has 0 saturated carbocycles. The second-order valence-corrected chi connectivity index (χ2v) is 6.77. The van der Waals surface area contributed by atoms with Gasteiger partial charge >= 0.3 is 5.97 Å². The maximum absolute atomic E-state index is 13.7. The van der Waals surface area contributed by atoms with E-state index in [1.165, 1.54) is 17.0 Å². The normalized spacial score (nSPS) is 21.0. The lowest BCUT2D eigenvalue weighted by Crippen LogP contribution is -2.45. The van der Waals surface area contributed by atoms with Gasteiger partial charge in [0.15, 0.2) is 0 Å². The summed E-state index contributed by atoms with van der Waals surface area (Å²) >= 11 is 0. The second kappa shape index (κ2) is 6.61. The van der Waals surface area contributed by atoms with E-state index in [1.54, 1.807) is 37.3 Å². The summed E-state index contributed by atoms with van der Waals surface area (Å²) in [5.41, 5.74) is 2.07. The van der Waals surface area contributed by atoms with E-state index in [0.717, 1.165) is 5.56 Å². The van der Waals surface area contributed by atoms with Gasteiger partial charge in [0.25, 0.3) is 11.8 Å². The largest absolute Gasteiger partial charge is 0.466 e. The highest BCUT2D eigenvalue weighted by Crippen LogP contribution is 2.38. The van der Waals surface area contributed by atoms with Gasteiger partial charge in [-0.15, -0.1) is 0 Å². The van der Waals surface area contributed by atoms with E-state index in [0.29, 0.717) is 23.1 Å². The van der Waals surface area contributed by atoms with Gasteiger partial charge in [-0.3, -0.25) is 19.3 Å². The van der Waals surface area contributed by atoms with Gasteiger partial charge in [-0.05, 0) is 55.2 Å². The van der Waals surface area contributed by atoms with Crippen molar-refractivity contribution in [3.63, 3.8) is 0 Å². The number of halogens is 1. The number of hydrogen-bond donors (Lipinski definition) is 0. The molecule has 138 valence electrons. The first-order valence-corrected chi connectivity index (χ1v) is 8.93. The van der Waals surface area contributed by atoms with Crippen molar-refractivity contribution in [1.82, 2.24) is 4.90 Å². The zero-order valence-corrected chi connectivity index (χ0v) is 14.8. The molecule has 0 bridgehead atoms. The van der Waals surface area contributed by atoms with Crippen LogP contribution in [-0.4, -0.2) is 35.3 Å². The summed E-state index contributed by atoms with van der Waals surface area (Å²) in [6.07, 6.45) is 0.609. The summed E-state index contributed by atoms with van der Waals surface area (Å²) in [5.74, 6) is -2.31. The fraction of sp³-hybridized carbons (Fsp3) is 0.286. The number of rotatable bonds is 3. The van der Waals surface area contributed by atoms with E-state index in [2.05, 4.69) is 0 Å². The molecule has 2 aromatic rings. The molecule has 2 atom stereocenters. The van der Waals surface area contributed by atoms with Crippen molar-refractivity contribution in [3.8, 4) is 0 Å². The van der Waals surface area contributed by atoms with Crippen LogP contribution in [0.1, 0.15) is 51.1 Å². The van der Waals surface area contributed by atoms with Gasteiger partial charge in [-0.1, -0.05) is 18.2 Å². The summed E-state index contributed by atoms with van der Waals surface area (Å²) in [6.45, 7) is 1.91. The van der Waals surface area contributed by atoms with Crippen molar-refractivity contribution in [2.24, 2.45) is 0 Å². The van der Waals surface area contributed by atoms with Crippen molar-refractivity contribution in [3.05, 3.63) is 70.5 Å². The van der Waals surface area contributed by atoms with E-state index in [-0.39, 0.29) is 24.8 Å². The number of ether oxygens (including phenoxy) is 1. The van der Waals surface area contributed by atoms with Crippen LogP contribution in [-0.2, 0) is 16.0 Å². The summed E-state index contributed by atoms with van der Waals surface area (Å²) in [5, 5.41) is 0. The highest BCUT2D eigenvalue weighted by Gasteiger charge is 2.44. The topological polar surface area (TPSA) is 63.7 Å². The number of esters is 1. The van der Waals surface area contributed by atoms with Crippen LogP contribution in [0.3, 0.4) is 0 Å². The van der Waals surface area contributed by atoms with Gasteiger partial charge in [0.05, 0.1) is 23.7 Å². The van der Waals surface area contributed by atoms with Crippen molar-refractivity contribution >= 4 is 17.8 Å². The first-order chi connectivity index (χ1) is 13.0. The third-order valence-electron chi connectivity index (χ3n) is 5.21. The van der Waals surface area contributed by atoms with E-state index >= 15 is 0 Å². The molecule has 2 aromatic carbocycles. The van der Waals surface area contributed by atoms with Crippen LogP contribution in [0.15, 0.2) is 42.5 Å². The van der Waals surface area contributed by atoms with E-state index in [9.17, 15) is 18.8 Å². The fourth-order valence-corrected chi connectivity index (χ4v) is 4.01. The van der Waals surface area contributed by atoms with Crippen LogP contribution >= 0.6 is 0 Å². The Morgan fingerprint density at radius 3 is 2.44 bits per heavy atom. The standard InChI is InChI=1S/C21H18FNO4/c1-2-27-21(26)18-11-14(9-12-7-8-13(22)10-17(12)18)23-19(24)15-5-3-4-6-16(15)20(23)25/h3-8,10,14,18H,2,9,11H2,1H3/t14-,18+/m0/s1. The van der Waals surface area contributed by atoms with Crippen LogP contribution in [0, 0.1) is 5.82 Å². The number of carbonyl (C=O) groups is 3. The minimum absolute atomic E-state index is 0.206. The molecule has 6 heteroatoms. The van der Waals surface area contributed by atoms with E-state index in [4.69, 9.17) is 4.74 Å². The SMILES string of the molecule is CCOC(=O)[C@@H]1C[C@@H](N2C(=O)c3ccccc3C2=O)Cc2ccc(F)cc21. The Bertz CT molecular complexity index is 920. The molecule has 0 unspecified atom stereocenters. The highest BCUT2D eigenvalue weighted by molar-refractivity contribution is 6.21. The van der Waals surface area contributed by atoms with Gasteiger partial charge < -0.3 is 4.74 Å². The van der Waals surface area contributed by atoms with Crippen molar-refractivity contribution in [2.45, 2.75) is 31.7 Å². The molecule has 2 aliphatic rings. The number of fused-ring (bicyclic) bond motifs is 2. The predicted molar refractivity (Wildman–Crippen MR) is 94.8 cm³/mol. The van der Waals surface area contributed by atoms with Gasteiger partial charge in [0.2, 0.25) is 0 Å². The molecular formula is C21H18FNO4. The maximum atomic E-state index is 13.7. The quantitative estimate of drug-likeness (QED) is 0.618. The smallest absolute Gasteiger partial charge is 0.313 e. The number of hydrogen-bond acceptors (Lipinski definition) is 4. The molecule has 0 radical (unpaired) electrons. The molecule has 1 aliphatic heterocycles. The zero-order chi connectivity index (χ0) is 19.1. The van der Waals surface area contributed by atoms with Gasteiger partial charge in [-0.25, -0.2) is 4.39 Å². The molecular weight excluding hydrogens is 349 g/mol. The van der Waals surface area contributed by atoms with E-state index < -0.39 is 23.7 Å². The van der Waals surface area contributed by atoms with Crippen molar-refractivity contribution in [1.29, 1.82) is 0 Å². The van der Waals surface area contributed by atoms with Gasteiger partial charge in [0, 0.05) is 6.04 Å². The van der Waals surface area contributed by atoms with Crippen LogP contribution < -0.4 is 0 Å². The Hall–Kier alpha value is -3.02. The monoisotopic (exact) mass is 367 g/mol. The highest BCUT2D eigenvalue weighted by atomic mass is 19.1. The molecule has 2 amide bonds. The number of amides is 2. The molecule has 0 N–H and O–H groups in total. The predicted octanol–water partition coefficient (Wildman–Crippen LogP) is 3.08. The Labute approximate surface area is 155 Å². The Kier molecular flexibility index (Phi) is 4.26. The average Bonchev–Trinajstić information content (AvgIpc) is 2.92. The number of nitrogens with zero attached hydrogens (tertiary/aromatic N) is 1. The molecule has 4 rings (SSSR count). The van der Waals surface area contributed by atoms with E-state index in [1.807, 2.05) is 0 Å². The number of carbonyl (C=O) groups excluding carboxylic acids is 3. The molecule has 1 aliphatic carbocycles. The minimum Gasteiger partial charge on any atom is -0.466 e. The van der Waals surface area contributed by atoms with Gasteiger partial charge in [0.1, 0.15) is 5.82 Å². The summed E-state index contributed by atoms with van der Waals surface area (Å²) in [7, 11) is 0. The van der Waals surface area contributed by atoms with Crippen LogP contribution in [0.25, 0.3) is 0 Å². The number of benzene rings is 2. The lowest BCUT2D eigenvalue weighted by Gasteiger charge is -2.34. The third kappa shape index (κ3) is 2.81. The lowest BCUT2D eigenvalue weighted by molar-refractivity contribution is -0.145. The lowest BCUT2D eigenvalue weighted by atomic mass is 9.79. The summed E-state index contributed by atoms with van der Waals surface area (Å²) in [4.78, 5) is 39.3. The summed E-state index contributed by atoms with van der Waals surface area (Å²) in [6, 6.07) is 10.5. The molecule has 0 aromatic heterocycles.